The number of aromatic hydroxyl groups is 1. The van der Waals surface area contributed by atoms with Crippen molar-refractivity contribution in [1.82, 2.24) is 0 Å². The fourth-order valence-corrected chi connectivity index (χ4v) is 1.69. The summed E-state index contributed by atoms with van der Waals surface area (Å²) in [5.74, 6) is -0.195. The van der Waals surface area contributed by atoms with Crippen LogP contribution in [0.3, 0.4) is 0 Å². The Balaban J connectivity index is 3.32. The number of phenolic OH excluding ortho intramolecular Hbond substituents is 1. The number of phenols is 1. The molecule has 1 aromatic rings. The molecular weight excluding hydrogens is 280 g/mol. The molecule has 0 fully saturated rings. The predicted molar refractivity (Wildman–Crippen MR) is 61.1 cm³/mol. The molecule has 0 aliphatic rings. The first-order valence-corrected chi connectivity index (χ1v) is 5.24. The van der Waals surface area contributed by atoms with Gasteiger partial charge in [0.25, 0.3) is 5.69 Å². The summed E-state index contributed by atoms with van der Waals surface area (Å²) in [6, 6.07) is 1.45. The molecule has 1 aromatic carbocycles. The van der Waals surface area contributed by atoms with Crippen molar-refractivity contribution in [3.05, 3.63) is 32.3 Å². The number of hydrogen-bond donors (Lipinski definition) is 3. The van der Waals surface area contributed by atoms with Gasteiger partial charge in [0, 0.05) is 17.7 Å². The zero-order valence-corrected chi connectivity index (χ0v) is 10.0. The average Bonchev–Trinajstić information content (AvgIpc) is 2.20. The zero-order valence-electron chi connectivity index (χ0n) is 8.42. The van der Waals surface area contributed by atoms with Crippen LogP contribution in [0.2, 0.25) is 0 Å². The lowest BCUT2D eigenvalue weighted by atomic mass is 10.0. The molecule has 88 valence electrons. The van der Waals surface area contributed by atoms with E-state index >= 15 is 0 Å². The van der Waals surface area contributed by atoms with E-state index in [1.807, 2.05) is 0 Å². The number of nitrogens with two attached hydrogens (primary N) is 1. The summed E-state index contributed by atoms with van der Waals surface area (Å²) in [4.78, 5) is 10.0. The van der Waals surface area contributed by atoms with Crippen LogP contribution >= 0.6 is 15.9 Å². The second kappa shape index (κ2) is 4.77. The molecule has 0 spiro atoms. The van der Waals surface area contributed by atoms with Crippen LogP contribution in [0.25, 0.3) is 0 Å². The quantitative estimate of drug-likeness (QED) is 0.576. The monoisotopic (exact) mass is 290 g/mol. The number of hydrogen-bond acceptors (Lipinski definition) is 5. The predicted octanol–water partition coefficient (Wildman–Crippen LogP) is 1.44. The normalized spacial score (nSPS) is 14.5. The number of rotatable bonds is 3. The standard InChI is InChI=1S/C9H11BrN2O4/c1-4(13)8(11)6-2-5(12(15)16)3-7(10)9(6)14/h2-4,8,13-14H,11H2,1H3/t4-,8-/m1/s1. The summed E-state index contributed by atoms with van der Waals surface area (Å²) in [6.07, 6.45) is -0.917. The lowest BCUT2D eigenvalue weighted by molar-refractivity contribution is -0.385. The first-order chi connectivity index (χ1) is 7.34. The Morgan fingerprint density at radius 1 is 1.56 bits per heavy atom. The highest BCUT2D eigenvalue weighted by Gasteiger charge is 2.21. The van der Waals surface area contributed by atoms with Crippen LogP contribution in [0, 0.1) is 10.1 Å². The first-order valence-electron chi connectivity index (χ1n) is 4.45. The molecule has 0 aliphatic carbocycles. The van der Waals surface area contributed by atoms with Crippen LogP contribution in [0.1, 0.15) is 18.5 Å². The van der Waals surface area contributed by atoms with E-state index in [-0.39, 0.29) is 21.5 Å². The van der Waals surface area contributed by atoms with Crippen molar-refractivity contribution in [2.45, 2.75) is 19.1 Å². The van der Waals surface area contributed by atoms with Crippen molar-refractivity contribution in [3.63, 3.8) is 0 Å². The van der Waals surface area contributed by atoms with Gasteiger partial charge in [-0.15, -0.1) is 0 Å². The zero-order chi connectivity index (χ0) is 12.5. The van der Waals surface area contributed by atoms with Crippen molar-refractivity contribution in [2.24, 2.45) is 5.73 Å². The highest BCUT2D eigenvalue weighted by molar-refractivity contribution is 9.10. The third-order valence-electron chi connectivity index (χ3n) is 2.17. The van der Waals surface area contributed by atoms with Crippen LogP contribution in [0.15, 0.2) is 16.6 Å². The number of benzene rings is 1. The molecule has 6 nitrogen and oxygen atoms in total. The van der Waals surface area contributed by atoms with E-state index in [4.69, 9.17) is 5.73 Å². The minimum Gasteiger partial charge on any atom is -0.506 e. The molecule has 0 aromatic heterocycles. The van der Waals surface area contributed by atoms with Crippen LogP contribution in [-0.2, 0) is 0 Å². The molecule has 0 saturated carbocycles. The minimum absolute atomic E-state index is 0.135. The van der Waals surface area contributed by atoms with Crippen molar-refractivity contribution in [3.8, 4) is 5.75 Å². The van der Waals surface area contributed by atoms with E-state index in [1.165, 1.54) is 13.0 Å². The molecular formula is C9H11BrN2O4. The molecule has 7 heteroatoms. The van der Waals surface area contributed by atoms with Crippen molar-refractivity contribution in [1.29, 1.82) is 0 Å². The van der Waals surface area contributed by atoms with Gasteiger partial charge in [-0.05, 0) is 22.9 Å². The number of aliphatic hydroxyl groups is 1. The Bertz CT molecular complexity index is 422. The molecule has 0 aliphatic heterocycles. The number of nitro benzene ring substituents is 1. The van der Waals surface area contributed by atoms with Gasteiger partial charge in [-0.1, -0.05) is 0 Å². The Morgan fingerprint density at radius 3 is 2.56 bits per heavy atom. The van der Waals surface area contributed by atoms with Gasteiger partial charge in [0.05, 0.1) is 21.5 Å². The summed E-state index contributed by atoms with van der Waals surface area (Å²) >= 11 is 2.99. The molecule has 0 heterocycles. The molecule has 4 N–H and O–H groups in total. The van der Waals surface area contributed by atoms with Gasteiger partial charge in [0.1, 0.15) is 5.75 Å². The number of halogens is 1. The van der Waals surface area contributed by atoms with Crippen LogP contribution in [-0.4, -0.2) is 21.2 Å². The fourth-order valence-electron chi connectivity index (χ4n) is 1.22. The van der Waals surface area contributed by atoms with E-state index in [0.717, 1.165) is 6.07 Å². The van der Waals surface area contributed by atoms with E-state index in [1.54, 1.807) is 0 Å². The lowest BCUT2D eigenvalue weighted by Crippen LogP contribution is -2.23. The summed E-state index contributed by atoms with van der Waals surface area (Å²) in [6.45, 7) is 1.44. The minimum atomic E-state index is -0.917. The second-order valence-electron chi connectivity index (χ2n) is 3.39. The lowest BCUT2D eigenvalue weighted by Gasteiger charge is -2.16. The second-order valence-corrected chi connectivity index (χ2v) is 4.24. The number of nitrogens with zero attached hydrogens (tertiary/aromatic N) is 1. The molecule has 0 bridgehead atoms. The highest BCUT2D eigenvalue weighted by Crippen LogP contribution is 2.36. The third kappa shape index (κ3) is 2.49. The maximum Gasteiger partial charge on any atom is 0.271 e. The summed E-state index contributed by atoms with van der Waals surface area (Å²) < 4.78 is 0.174. The fraction of sp³-hybridized carbons (Fsp3) is 0.333. The largest absolute Gasteiger partial charge is 0.506 e. The maximum atomic E-state index is 10.6. The van der Waals surface area contributed by atoms with Gasteiger partial charge < -0.3 is 15.9 Å². The van der Waals surface area contributed by atoms with Crippen LogP contribution in [0.5, 0.6) is 5.75 Å². The molecule has 2 atom stereocenters. The Labute approximate surface area is 100.0 Å². The maximum absolute atomic E-state index is 10.6. The molecule has 0 amide bonds. The van der Waals surface area contributed by atoms with Crippen molar-refractivity contribution < 1.29 is 15.1 Å². The summed E-state index contributed by atoms with van der Waals surface area (Å²) in [5.41, 5.74) is 5.56. The van der Waals surface area contributed by atoms with Gasteiger partial charge >= 0.3 is 0 Å². The molecule has 0 radical (unpaired) electrons. The number of nitro groups is 1. The molecule has 0 saturated heterocycles. The van der Waals surface area contributed by atoms with Gasteiger partial charge in [-0.2, -0.15) is 0 Å². The molecule has 0 unspecified atom stereocenters. The topological polar surface area (TPSA) is 110 Å². The van der Waals surface area contributed by atoms with Crippen molar-refractivity contribution >= 4 is 21.6 Å². The van der Waals surface area contributed by atoms with Crippen LogP contribution in [0.4, 0.5) is 5.69 Å². The summed E-state index contributed by atoms with van der Waals surface area (Å²) in [5, 5.41) is 29.6. The van der Waals surface area contributed by atoms with E-state index in [2.05, 4.69) is 15.9 Å². The van der Waals surface area contributed by atoms with E-state index < -0.39 is 17.1 Å². The summed E-state index contributed by atoms with van der Waals surface area (Å²) in [7, 11) is 0. The van der Waals surface area contributed by atoms with Gasteiger partial charge in [-0.25, -0.2) is 0 Å². The SMILES string of the molecule is C[C@@H](O)[C@@H](N)c1cc([N+](=O)[O-])cc(Br)c1O. The molecule has 1 rings (SSSR count). The first kappa shape index (κ1) is 12.9. The number of non-ortho nitro benzene ring substituents is 1. The highest BCUT2D eigenvalue weighted by atomic mass is 79.9. The van der Waals surface area contributed by atoms with E-state index in [0.29, 0.717) is 0 Å². The average molecular weight is 291 g/mol. The van der Waals surface area contributed by atoms with Gasteiger partial charge in [0.2, 0.25) is 0 Å². The Kier molecular flexibility index (Phi) is 3.84. The third-order valence-corrected chi connectivity index (χ3v) is 2.77. The number of aliphatic hydroxyl groups excluding tert-OH is 1. The Morgan fingerprint density at radius 2 is 2.12 bits per heavy atom. The molecule has 16 heavy (non-hydrogen) atoms. The van der Waals surface area contributed by atoms with E-state index in [9.17, 15) is 20.3 Å². The van der Waals surface area contributed by atoms with Crippen molar-refractivity contribution in [2.75, 3.05) is 0 Å². The van der Waals surface area contributed by atoms with Gasteiger partial charge in [0.15, 0.2) is 0 Å². The smallest absolute Gasteiger partial charge is 0.271 e. The Hall–Kier alpha value is -1.18. The van der Waals surface area contributed by atoms with Gasteiger partial charge in [-0.3, -0.25) is 10.1 Å². The van der Waals surface area contributed by atoms with Crippen LogP contribution < -0.4 is 5.73 Å².